The third kappa shape index (κ3) is 5.66. The van der Waals surface area contributed by atoms with E-state index in [0.717, 1.165) is 12.7 Å². The van der Waals surface area contributed by atoms with E-state index in [1.165, 1.54) is 5.56 Å². The molecule has 17 heavy (non-hydrogen) atoms. The zero-order valence-corrected chi connectivity index (χ0v) is 10.7. The molecule has 1 aromatic carbocycles. The molecule has 0 unspecified atom stereocenters. The Labute approximate surface area is 102 Å². The van der Waals surface area contributed by atoms with Gasteiger partial charge in [-0.2, -0.15) is 0 Å². The predicted molar refractivity (Wildman–Crippen MR) is 65.9 cm³/mol. The van der Waals surface area contributed by atoms with Crippen LogP contribution >= 0.6 is 0 Å². The highest BCUT2D eigenvalue weighted by Crippen LogP contribution is 2.21. The second-order valence-electron chi connectivity index (χ2n) is 4.75. The molecular weight excluding hydrogens is 222 g/mol. The van der Waals surface area contributed by atoms with Gasteiger partial charge in [0, 0.05) is 6.42 Å². The Morgan fingerprint density at radius 2 is 1.76 bits per heavy atom. The van der Waals surface area contributed by atoms with E-state index < -0.39 is 5.92 Å². The summed E-state index contributed by atoms with van der Waals surface area (Å²) in [5, 5.41) is 0. The Morgan fingerprint density at radius 1 is 1.18 bits per heavy atom. The van der Waals surface area contributed by atoms with Gasteiger partial charge in [0.2, 0.25) is 5.92 Å². The van der Waals surface area contributed by atoms with Crippen molar-refractivity contribution in [2.75, 3.05) is 6.61 Å². The fourth-order valence-electron chi connectivity index (χ4n) is 1.52. The summed E-state index contributed by atoms with van der Waals surface area (Å²) >= 11 is 0. The van der Waals surface area contributed by atoms with Crippen LogP contribution in [-0.4, -0.2) is 12.5 Å². The van der Waals surface area contributed by atoms with Crippen LogP contribution in [0.1, 0.15) is 45.1 Å². The lowest BCUT2D eigenvalue weighted by Crippen LogP contribution is -2.11. The minimum Gasteiger partial charge on any atom is -0.494 e. The smallest absolute Gasteiger partial charge is 0.245 e. The molecule has 0 radical (unpaired) electrons. The van der Waals surface area contributed by atoms with Crippen molar-refractivity contribution in [3.05, 3.63) is 29.8 Å². The second kappa shape index (κ2) is 5.99. The van der Waals surface area contributed by atoms with E-state index in [0.29, 0.717) is 18.9 Å². The standard InChI is InChI=1S/C14H20F2O/c1-11(2)12-5-7-13(8-6-12)17-10-4-9-14(3,15)16/h5-8,11H,4,9-10H2,1-3H3. The van der Waals surface area contributed by atoms with Crippen LogP contribution in [0.2, 0.25) is 0 Å². The monoisotopic (exact) mass is 242 g/mol. The van der Waals surface area contributed by atoms with Crippen LogP contribution in [0, 0.1) is 0 Å². The van der Waals surface area contributed by atoms with E-state index in [1.807, 2.05) is 24.3 Å². The summed E-state index contributed by atoms with van der Waals surface area (Å²) in [6.45, 7) is 5.52. The molecule has 0 saturated heterocycles. The number of hydrogen-bond donors (Lipinski definition) is 0. The minimum atomic E-state index is -2.59. The molecular formula is C14H20F2O. The summed E-state index contributed by atoms with van der Waals surface area (Å²) in [6.07, 6.45) is 0.243. The van der Waals surface area contributed by atoms with E-state index in [1.54, 1.807) is 0 Å². The number of rotatable bonds is 6. The van der Waals surface area contributed by atoms with Gasteiger partial charge in [0.15, 0.2) is 0 Å². The predicted octanol–water partition coefficient (Wildman–Crippen LogP) is 4.62. The lowest BCUT2D eigenvalue weighted by molar-refractivity contribution is 0.00769. The van der Waals surface area contributed by atoms with Crippen molar-refractivity contribution in [3.8, 4) is 5.75 Å². The molecule has 3 heteroatoms. The van der Waals surface area contributed by atoms with Crippen molar-refractivity contribution in [1.82, 2.24) is 0 Å². The SMILES string of the molecule is CC(C)c1ccc(OCCCC(C)(F)F)cc1. The molecule has 0 aliphatic carbocycles. The van der Waals surface area contributed by atoms with Crippen LogP contribution in [0.3, 0.4) is 0 Å². The molecule has 0 aliphatic heterocycles. The Morgan fingerprint density at radius 3 is 2.24 bits per heavy atom. The Balaban J connectivity index is 2.33. The van der Waals surface area contributed by atoms with Gasteiger partial charge >= 0.3 is 0 Å². The maximum atomic E-state index is 12.5. The fourth-order valence-corrected chi connectivity index (χ4v) is 1.52. The third-order valence-corrected chi connectivity index (χ3v) is 2.58. The largest absolute Gasteiger partial charge is 0.494 e. The van der Waals surface area contributed by atoms with Gasteiger partial charge in [0.05, 0.1) is 6.61 Å². The number of hydrogen-bond acceptors (Lipinski definition) is 1. The van der Waals surface area contributed by atoms with E-state index >= 15 is 0 Å². The van der Waals surface area contributed by atoms with Crippen molar-refractivity contribution in [2.24, 2.45) is 0 Å². The molecule has 0 atom stereocenters. The molecule has 0 heterocycles. The Bertz CT molecular complexity index is 325. The molecule has 0 saturated carbocycles. The van der Waals surface area contributed by atoms with Crippen LogP contribution in [0.25, 0.3) is 0 Å². The summed E-state index contributed by atoms with van der Waals surface area (Å²) < 4.78 is 30.5. The van der Waals surface area contributed by atoms with Crippen molar-refractivity contribution >= 4 is 0 Å². The maximum Gasteiger partial charge on any atom is 0.245 e. The first kappa shape index (κ1) is 13.9. The molecule has 1 rings (SSSR count). The first-order valence-electron chi connectivity index (χ1n) is 5.99. The molecule has 0 N–H and O–H groups in total. The van der Waals surface area contributed by atoms with Crippen molar-refractivity contribution in [2.45, 2.75) is 45.5 Å². The van der Waals surface area contributed by atoms with Crippen molar-refractivity contribution in [1.29, 1.82) is 0 Å². The molecule has 0 aromatic heterocycles. The molecule has 1 nitrogen and oxygen atoms in total. The van der Waals surface area contributed by atoms with Crippen molar-refractivity contribution in [3.63, 3.8) is 0 Å². The number of benzene rings is 1. The summed E-state index contributed by atoms with van der Waals surface area (Å²) in [6, 6.07) is 7.79. The highest BCUT2D eigenvalue weighted by atomic mass is 19.3. The number of alkyl halides is 2. The van der Waals surface area contributed by atoms with E-state index in [2.05, 4.69) is 13.8 Å². The van der Waals surface area contributed by atoms with Gasteiger partial charge in [-0.05, 0) is 37.0 Å². The first-order valence-corrected chi connectivity index (χ1v) is 5.99. The summed E-state index contributed by atoms with van der Waals surface area (Å²) in [4.78, 5) is 0. The van der Waals surface area contributed by atoms with E-state index in [9.17, 15) is 8.78 Å². The quantitative estimate of drug-likeness (QED) is 0.661. The van der Waals surface area contributed by atoms with Crippen LogP contribution in [0.5, 0.6) is 5.75 Å². The van der Waals surface area contributed by atoms with Crippen LogP contribution in [-0.2, 0) is 0 Å². The molecule has 0 bridgehead atoms. The Hall–Kier alpha value is -1.12. The topological polar surface area (TPSA) is 9.23 Å². The zero-order valence-electron chi connectivity index (χ0n) is 10.7. The molecule has 0 aliphatic rings. The van der Waals surface area contributed by atoms with E-state index in [-0.39, 0.29) is 6.42 Å². The molecule has 0 spiro atoms. The van der Waals surface area contributed by atoms with Gasteiger partial charge in [0.1, 0.15) is 5.75 Å². The van der Waals surface area contributed by atoms with Gasteiger partial charge in [-0.3, -0.25) is 0 Å². The average Bonchev–Trinajstić information content (AvgIpc) is 2.24. The molecule has 0 fully saturated rings. The summed E-state index contributed by atoms with van der Waals surface area (Å²) in [5.41, 5.74) is 1.25. The van der Waals surface area contributed by atoms with Crippen molar-refractivity contribution < 1.29 is 13.5 Å². The second-order valence-corrected chi connectivity index (χ2v) is 4.75. The maximum absolute atomic E-state index is 12.5. The van der Waals surface area contributed by atoms with Crippen LogP contribution in [0.4, 0.5) is 8.78 Å². The minimum absolute atomic E-state index is 0.128. The van der Waals surface area contributed by atoms with Crippen LogP contribution in [0.15, 0.2) is 24.3 Å². The normalized spacial score (nSPS) is 11.9. The van der Waals surface area contributed by atoms with Gasteiger partial charge in [0.25, 0.3) is 0 Å². The van der Waals surface area contributed by atoms with E-state index in [4.69, 9.17) is 4.74 Å². The highest BCUT2D eigenvalue weighted by Gasteiger charge is 2.19. The van der Waals surface area contributed by atoms with Gasteiger partial charge in [-0.1, -0.05) is 26.0 Å². The average molecular weight is 242 g/mol. The Kier molecular flexibility index (Phi) is 4.91. The highest BCUT2D eigenvalue weighted by molar-refractivity contribution is 5.28. The molecule has 96 valence electrons. The fraction of sp³-hybridized carbons (Fsp3) is 0.571. The third-order valence-electron chi connectivity index (χ3n) is 2.58. The lowest BCUT2D eigenvalue weighted by atomic mass is 10.0. The van der Waals surface area contributed by atoms with Gasteiger partial charge in [-0.25, -0.2) is 8.78 Å². The van der Waals surface area contributed by atoms with Crippen LogP contribution < -0.4 is 4.74 Å². The molecule has 1 aromatic rings. The number of ether oxygens (including phenoxy) is 1. The molecule has 0 amide bonds. The summed E-state index contributed by atoms with van der Waals surface area (Å²) in [5.74, 6) is -1.36. The lowest BCUT2D eigenvalue weighted by Gasteiger charge is -2.11. The van der Waals surface area contributed by atoms with Gasteiger partial charge < -0.3 is 4.74 Å². The summed E-state index contributed by atoms with van der Waals surface area (Å²) in [7, 11) is 0. The van der Waals surface area contributed by atoms with Gasteiger partial charge in [-0.15, -0.1) is 0 Å². The zero-order chi connectivity index (χ0) is 12.9. The first-order chi connectivity index (χ1) is 7.88. The number of halogens is 2.